The SMILES string of the molecule is Cc1ccc2c(c1)O[C@H](C(=O)NCc1cccc(CN3CCOCC3)c1)CN2S(=O)(=O)c1ccccc1. The number of anilines is 1. The van der Waals surface area contributed by atoms with Crippen molar-refractivity contribution < 1.29 is 22.7 Å². The van der Waals surface area contributed by atoms with Crippen molar-refractivity contribution in [3.05, 3.63) is 89.5 Å². The molecule has 9 heteroatoms. The molecule has 0 radical (unpaired) electrons. The lowest BCUT2D eigenvalue weighted by Gasteiger charge is -2.35. The van der Waals surface area contributed by atoms with Crippen molar-refractivity contribution in [1.82, 2.24) is 10.2 Å². The maximum Gasteiger partial charge on any atom is 0.264 e. The molecule has 0 spiro atoms. The number of carbonyl (C=O) groups is 1. The second-order valence-electron chi connectivity index (χ2n) is 9.35. The Bertz CT molecular complexity index is 1360. The number of fused-ring (bicyclic) bond motifs is 1. The molecule has 1 amide bonds. The molecular weight excluding hydrogens is 490 g/mol. The minimum absolute atomic E-state index is 0.115. The Morgan fingerprint density at radius 2 is 1.73 bits per heavy atom. The Hall–Kier alpha value is -3.40. The number of benzene rings is 3. The van der Waals surface area contributed by atoms with E-state index >= 15 is 0 Å². The summed E-state index contributed by atoms with van der Waals surface area (Å²) in [5.41, 5.74) is 3.48. The lowest BCUT2D eigenvalue weighted by atomic mass is 10.1. The quantitative estimate of drug-likeness (QED) is 0.514. The van der Waals surface area contributed by atoms with E-state index in [2.05, 4.69) is 22.3 Å². The number of nitrogens with one attached hydrogen (secondary N) is 1. The lowest BCUT2D eigenvalue weighted by Crippen LogP contribution is -2.50. The Balaban J connectivity index is 1.31. The Kier molecular flexibility index (Phi) is 7.45. The van der Waals surface area contributed by atoms with Crippen molar-refractivity contribution >= 4 is 21.6 Å². The smallest absolute Gasteiger partial charge is 0.264 e. The first-order valence-electron chi connectivity index (χ1n) is 12.4. The van der Waals surface area contributed by atoms with Crippen LogP contribution in [-0.4, -0.2) is 58.2 Å². The molecule has 3 aromatic rings. The fourth-order valence-corrected chi connectivity index (χ4v) is 6.10. The molecule has 0 saturated carbocycles. The largest absolute Gasteiger partial charge is 0.476 e. The number of ether oxygens (including phenoxy) is 2. The maximum absolute atomic E-state index is 13.5. The van der Waals surface area contributed by atoms with E-state index in [4.69, 9.17) is 9.47 Å². The van der Waals surface area contributed by atoms with E-state index in [1.807, 2.05) is 25.1 Å². The molecule has 194 valence electrons. The van der Waals surface area contributed by atoms with Gasteiger partial charge in [0, 0.05) is 26.2 Å². The summed E-state index contributed by atoms with van der Waals surface area (Å²) in [5.74, 6) is 0.0115. The van der Waals surface area contributed by atoms with E-state index in [0.29, 0.717) is 18.0 Å². The van der Waals surface area contributed by atoms with Crippen LogP contribution in [0.3, 0.4) is 0 Å². The minimum atomic E-state index is -3.88. The second-order valence-corrected chi connectivity index (χ2v) is 11.2. The lowest BCUT2D eigenvalue weighted by molar-refractivity contribution is -0.127. The van der Waals surface area contributed by atoms with Crippen molar-refractivity contribution in [2.45, 2.75) is 31.0 Å². The third kappa shape index (κ3) is 5.79. The van der Waals surface area contributed by atoms with Crippen LogP contribution in [0.5, 0.6) is 5.75 Å². The highest BCUT2D eigenvalue weighted by atomic mass is 32.2. The fraction of sp³-hybridized carbons (Fsp3) is 0.321. The van der Waals surface area contributed by atoms with E-state index in [1.165, 1.54) is 9.87 Å². The van der Waals surface area contributed by atoms with E-state index in [1.54, 1.807) is 42.5 Å². The average Bonchev–Trinajstić information content (AvgIpc) is 2.92. The molecule has 2 heterocycles. The average molecular weight is 522 g/mol. The van der Waals surface area contributed by atoms with Crippen molar-refractivity contribution in [1.29, 1.82) is 0 Å². The third-order valence-electron chi connectivity index (χ3n) is 6.58. The zero-order chi connectivity index (χ0) is 25.8. The van der Waals surface area contributed by atoms with Crippen LogP contribution >= 0.6 is 0 Å². The van der Waals surface area contributed by atoms with Gasteiger partial charge in [-0.3, -0.25) is 14.0 Å². The van der Waals surface area contributed by atoms with Gasteiger partial charge in [0.05, 0.1) is 30.3 Å². The molecule has 8 nitrogen and oxygen atoms in total. The standard InChI is InChI=1S/C28H31N3O5S/c1-21-10-11-25-26(16-21)36-27(20-31(25)37(33,34)24-8-3-2-4-9-24)28(32)29-18-22-6-5-7-23(17-22)19-30-12-14-35-15-13-30/h2-11,16-17,27H,12-15,18-20H2,1H3,(H,29,32)/t27-/m0/s1. The monoisotopic (exact) mass is 521 g/mol. The summed E-state index contributed by atoms with van der Waals surface area (Å²) < 4.78 is 39.7. The summed E-state index contributed by atoms with van der Waals surface area (Å²) >= 11 is 0. The van der Waals surface area contributed by atoms with Crippen LogP contribution in [0, 0.1) is 6.92 Å². The fourth-order valence-electron chi connectivity index (χ4n) is 4.60. The topological polar surface area (TPSA) is 88.2 Å². The van der Waals surface area contributed by atoms with Crippen LogP contribution in [0.4, 0.5) is 5.69 Å². The van der Waals surface area contributed by atoms with E-state index in [-0.39, 0.29) is 17.3 Å². The van der Waals surface area contributed by atoms with Gasteiger partial charge in [-0.25, -0.2) is 8.42 Å². The highest BCUT2D eigenvalue weighted by Gasteiger charge is 2.37. The number of rotatable bonds is 7. The van der Waals surface area contributed by atoms with Gasteiger partial charge in [0.1, 0.15) is 5.75 Å². The second kappa shape index (κ2) is 10.9. The number of aryl methyl sites for hydroxylation is 1. The summed E-state index contributed by atoms with van der Waals surface area (Å²) in [6.07, 6.45) is -0.982. The van der Waals surface area contributed by atoms with Crippen molar-refractivity contribution in [2.24, 2.45) is 0 Å². The molecule has 2 aliphatic rings. The molecule has 0 unspecified atom stereocenters. The van der Waals surface area contributed by atoms with Gasteiger partial charge in [-0.2, -0.15) is 0 Å². The highest BCUT2D eigenvalue weighted by molar-refractivity contribution is 7.92. The zero-order valence-electron chi connectivity index (χ0n) is 20.8. The molecule has 1 atom stereocenters. The summed E-state index contributed by atoms with van der Waals surface area (Å²) in [4.78, 5) is 15.7. The molecular formula is C28H31N3O5S. The third-order valence-corrected chi connectivity index (χ3v) is 8.37. The normalized spacial score (nSPS) is 18.1. The van der Waals surface area contributed by atoms with Crippen LogP contribution in [-0.2, 0) is 32.6 Å². The molecule has 0 aliphatic carbocycles. The molecule has 5 rings (SSSR count). The van der Waals surface area contributed by atoms with E-state index in [0.717, 1.165) is 44.0 Å². The van der Waals surface area contributed by atoms with Gasteiger partial charge in [-0.05, 0) is 47.9 Å². The summed E-state index contributed by atoms with van der Waals surface area (Å²) in [7, 11) is -3.88. The highest BCUT2D eigenvalue weighted by Crippen LogP contribution is 2.37. The summed E-state index contributed by atoms with van der Waals surface area (Å²) in [6.45, 7) is 6.24. The van der Waals surface area contributed by atoms with E-state index in [9.17, 15) is 13.2 Å². The number of nitrogens with zero attached hydrogens (tertiary/aromatic N) is 2. The summed E-state index contributed by atoms with van der Waals surface area (Å²) in [6, 6.07) is 21.7. The van der Waals surface area contributed by atoms with Gasteiger partial charge in [0.2, 0.25) is 0 Å². The van der Waals surface area contributed by atoms with Gasteiger partial charge in [-0.15, -0.1) is 0 Å². The molecule has 1 N–H and O–H groups in total. The Morgan fingerprint density at radius 1 is 0.973 bits per heavy atom. The zero-order valence-corrected chi connectivity index (χ0v) is 21.6. The number of sulfonamides is 1. The number of hydrogen-bond donors (Lipinski definition) is 1. The van der Waals surface area contributed by atoms with Gasteiger partial charge in [0.15, 0.2) is 6.10 Å². The molecule has 2 aliphatic heterocycles. The summed E-state index contributed by atoms with van der Waals surface area (Å²) in [5, 5.41) is 2.94. The molecule has 3 aromatic carbocycles. The van der Waals surface area contributed by atoms with Crippen molar-refractivity contribution in [2.75, 3.05) is 37.2 Å². The predicted octanol–water partition coefficient (Wildman–Crippen LogP) is 3.10. The Morgan fingerprint density at radius 3 is 2.51 bits per heavy atom. The number of carbonyl (C=O) groups excluding carboxylic acids is 1. The van der Waals surface area contributed by atoms with E-state index < -0.39 is 16.1 Å². The van der Waals surface area contributed by atoms with Gasteiger partial charge < -0.3 is 14.8 Å². The first kappa shape index (κ1) is 25.3. The number of morpholine rings is 1. The molecule has 1 fully saturated rings. The number of amides is 1. The molecule has 1 saturated heterocycles. The first-order valence-corrected chi connectivity index (χ1v) is 13.8. The predicted molar refractivity (Wildman–Crippen MR) is 141 cm³/mol. The van der Waals surface area contributed by atoms with Gasteiger partial charge in [0.25, 0.3) is 15.9 Å². The number of hydrogen-bond acceptors (Lipinski definition) is 6. The van der Waals surface area contributed by atoms with Crippen LogP contribution in [0.15, 0.2) is 77.7 Å². The first-order chi connectivity index (χ1) is 17.9. The van der Waals surface area contributed by atoms with Crippen LogP contribution < -0.4 is 14.4 Å². The van der Waals surface area contributed by atoms with Crippen LogP contribution in [0.25, 0.3) is 0 Å². The minimum Gasteiger partial charge on any atom is -0.476 e. The molecule has 37 heavy (non-hydrogen) atoms. The molecule has 0 bridgehead atoms. The maximum atomic E-state index is 13.5. The van der Waals surface area contributed by atoms with Crippen LogP contribution in [0.1, 0.15) is 16.7 Å². The van der Waals surface area contributed by atoms with Crippen molar-refractivity contribution in [3.63, 3.8) is 0 Å². The van der Waals surface area contributed by atoms with Gasteiger partial charge in [-0.1, -0.05) is 48.5 Å². The molecule has 0 aromatic heterocycles. The Labute approximate surface area is 217 Å². The van der Waals surface area contributed by atoms with Gasteiger partial charge >= 0.3 is 0 Å². The van der Waals surface area contributed by atoms with Crippen molar-refractivity contribution in [3.8, 4) is 5.75 Å². The van der Waals surface area contributed by atoms with Crippen LogP contribution in [0.2, 0.25) is 0 Å².